The molecule has 0 amide bonds. The summed E-state index contributed by atoms with van der Waals surface area (Å²) in [4.78, 5) is 5.93. The van der Waals surface area contributed by atoms with Gasteiger partial charge in [0.2, 0.25) is 5.82 Å². The average Bonchev–Trinajstić information content (AvgIpc) is 3.18. The van der Waals surface area contributed by atoms with Gasteiger partial charge in [-0.25, -0.2) is 0 Å². The van der Waals surface area contributed by atoms with Crippen molar-refractivity contribution >= 4 is 11.3 Å². The second kappa shape index (κ2) is 6.37. The largest absolute Gasteiger partial charge is 0.373 e. The third-order valence-corrected chi connectivity index (χ3v) is 4.93. The Bertz CT molecular complexity index is 637. The fraction of sp³-hybridized carbons (Fsp3) is 0.533. The van der Waals surface area contributed by atoms with E-state index in [1.807, 2.05) is 6.07 Å². The number of nitrogens with zero attached hydrogens (tertiary/aromatic N) is 3. The standard InChI is InChI=1S/C15H17N3O2S/c1-19-13(10-5-3-2-4-6-10)14-17-15(20-18-14)12-8-7-11(9-16)21-12/h7-8,10,13H,2-6H2,1H3. The van der Waals surface area contributed by atoms with Crippen LogP contribution < -0.4 is 0 Å². The van der Waals surface area contributed by atoms with Crippen molar-refractivity contribution < 1.29 is 9.26 Å². The molecule has 0 saturated heterocycles. The van der Waals surface area contributed by atoms with Crippen molar-refractivity contribution in [1.29, 1.82) is 5.26 Å². The number of ether oxygens (including phenoxy) is 1. The first kappa shape index (κ1) is 14.2. The van der Waals surface area contributed by atoms with Gasteiger partial charge in [-0.05, 0) is 30.9 Å². The Labute approximate surface area is 127 Å². The number of nitriles is 1. The predicted molar refractivity (Wildman–Crippen MR) is 78.7 cm³/mol. The lowest BCUT2D eigenvalue weighted by Gasteiger charge is -2.26. The fourth-order valence-electron chi connectivity index (χ4n) is 2.91. The number of methoxy groups -OCH3 is 1. The van der Waals surface area contributed by atoms with Crippen LogP contribution in [0.4, 0.5) is 0 Å². The topological polar surface area (TPSA) is 71.9 Å². The minimum absolute atomic E-state index is 0.0989. The first-order valence-corrected chi connectivity index (χ1v) is 8.00. The summed E-state index contributed by atoms with van der Waals surface area (Å²) in [6, 6.07) is 5.71. The van der Waals surface area contributed by atoms with Crippen LogP contribution in [-0.4, -0.2) is 17.3 Å². The molecular formula is C15H17N3O2S. The lowest BCUT2D eigenvalue weighted by atomic mass is 9.85. The summed E-state index contributed by atoms with van der Waals surface area (Å²) in [6.45, 7) is 0. The summed E-state index contributed by atoms with van der Waals surface area (Å²) < 4.78 is 11.0. The molecule has 1 unspecified atom stereocenters. The normalized spacial score (nSPS) is 17.5. The minimum atomic E-state index is -0.0989. The van der Waals surface area contributed by atoms with Crippen molar-refractivity contribution in [2.24, 2.45) is 5.92 Å². The van der Waals surface area contributed by atoms with E-state index in [1.165, 1.54) is 30.6 Å². The number of rotatable bonds is 4. The second-order valence-electron chi connectivity index (χ2n) is 5.29. The Hall–Kier alpha value is -1.71. The van der Waals surface area contributed by atoms with Crippen LogP contribution in [0.15, 0.2) is 16.7 Å². The predicted octanol–water partition coefficient (Wildman–Crippen LogP) is 3.94. The van der Waals surface area contributed by atoms with E-state index >= 15 is 0 Å². The zero-order chi connectivity index (χ0) is 14.7. The summed E-state index contributed by atoms with van der Waals surface area (Å²) in [5.41, 5.74) is 0. The van der Waals surface area contributed by atoms with Gasteiger partial charge in [0, 0.05) is 7.11 Å². The highest BCUT2D eigenvalue weighted by atomic mass is 32.1. The zero-order valence-corrected chi connectivity index (χ0v) is 12.7. The van der Waals surface area contributed by atoms with E-state index in [-0.39, 0.29) is 6.10 Å². The Balaban J connectivity index is 1.80. The molecule has 2 aromatic heterocycles. The third-order valence-electron chi connectivity index (χ3n) is 3.96. The molecule has 6 heteroatoms. The van der Waals surface area contributed by atoms with E-state index in [1.54, 1.807) is 13.2 Å². The maximum Gasteiger partial charge on any atom is 0.268 e. The summed E-state index contributed by atoms with van der Waals surface area (Å²) in [5.74, 6) is 1.55. The van der Waals surface area contributed by atoms with Crippen LogP contribution in [0.5, 0.6) is 0 Å². The van der Waals surface area contributed by atoms with E-state index in [0.29, 0.717) is 22.5 Å². The van der Waals surface area contributed by atoms with E-state index in [2.05, 4.69) is 16.2 Å². The van der Waals surface area contributed by atoms with Crippen molar-refractivity contribution in [3.05, 3.63) is 22.8 Å². The maximum absolute atomic E-state index is 8.87. The monoisotopic (exact) mass is 303 g/mol. The maximum atomic E-state index is 8.87. The number of hydrogen-bond acceptors (Lipinski definition) is 6. The van der Waals surface area contributed by atoms with Crippen LogP contribution in [0.1, 0.15) is 48.9 Å². The van der Waals surface area contributed by atoms with Gasteiger partial charge in [0.25, 0.3) is 5.89 Å². The van der Waals surface area contributed by atoms with Gasteiger partial charge in [-0.3, -0.25) is 0 Å². The van der Waals surface area contributed by atoms with Gasteiger partial charge in [-0.15, -0.1) is 11.3 Å². The number of aromatic nitrogens is 2. The van der Waals surface area contributed by atoms with E-state index < -0.39 is 0 Å². The molecule has 3 rings (SSSR count). The quantitative estimate of drug-likeness (QED) is 0.855. The molecule has 1 fully saturated rings. The molecule has 1 aliphatic rings. The molecule has 110 valence electrons. The van der Waals surface area contributed by atoms with Crippen molar-refractivity contribution in [2.75, 3.05) is 7.11 Å². The van der Waals surface area contributed by atoms with Gasteiger partial charge in [0.15, 0.2) is 0 Å². The van der Waals surface area contributed by atoms with Crippen LogP contribution in [0.2, 0.25) is 0 Å². The summed E-state index contributed by atoms with van der Waals surface area (Å²) in [6.07, 6.45) is 5.99. The SMILES string of the molecule is COC(c1noc(-c2ccc(C#N)s2)n1)C1CCCCC1. The summed E-state index contributed by atoms with van der Waals surface area (Å²) in [7, 11) is 1.70. The van der Waals surface area contributed by atoms with Gasteiger partial charge < -0.3 is 9.26 Å². The van der Waals surface area contributed by atoms with Crippen LogP contribution >= 0.6 is 11.3 Å². The molecule has 0 N–H and O–H groups in total. The van der Waals surface area contributed by atoms with Crippen molar-refractivity contribution in [3.8, 4) is 16.8 Å². The Morgan fingerprint density at radius 1 is 1.38 bits per heavy atom. The average molecular weight is 303 g/mol. The second-order valence-corrected chi connectivity index (χ2v) is 6.37. The molecule has 0 radical (unpaired) electrons. The third kappa shape index (κ3) is 2.99. The highest BCUT2D eigenvalue weighted by Crippen LogP contribution is 2.36. The summed E-state index contributed by atoms with van der Waals surface area (Å²) >= 11 is 1.36. The van der Waals surface area contributed by atoms with Gasteiger partial charge >= 0.3 is 0 Å². The Morgan fingerprint density at radius 2 is 2.19 bits per heavy atom. The summed E-state index contributed by atoms with van der Waals surface area (Å²) in [5, 5.41) is 13.0. The van der Waals surface area contributed by atoms with Gasteiger partial charge in [0.05, 0.1) is 4.88 Å². The van der Waals surface area contributed by atoms with E-state index in [0.717, 1.165) is 17.7 Å². The van der Waals surface area contributed by atoms with Crippen molar-refractivity contribution in [2.45, 2.75) is 38.2 Å². The molecule has 1 atom stereocenters. The minimum Gasteiger partial charge on any atom is -0.373 e. The van der Waals surface area contributed by atoms with E-state index in [9.17, 15) is 0 Å². The van der Waals surface area contributed by atoms with Gasteiger partial charge in [0.1, 0.15) is 17.1 Å². The lowest BCUT2D eigenvalue weighted by Crippen LogP contribution is -2.19. The zero-order valence-electron chi connectivity index (χ0n) is 11.9. The van der Waals surface area contributed by atoms with Crippen molar-refractivity contribution in [1.82, 2.24) is 10.1 Å². The molecule has 1 aliphatic carbocycles. The molecule has 2 heterocycles. The molecule has 2 aromatic rings. The number of hydrogen-bond donors (Lipinski definition) is 0. The molecule has 0 spiro atoms. The smallest absolute Gasteiger partial charge is 0.268 e. The first-order chi connectivity index (χ1) is 10.3. The van der Waals surface area contributed by atoms with E-state index in [4.69, 9.17) is 14.5 Å². The molecule has 5 nitrogen and oxygen atoms in total. The fourth-order valence-corrected chi connectivity index (χ4v) is 3.63. The van der Waals surface area contributed by atoms with Crippen molar-refractivity contribution in [3.63, 3.8) is 0 Å². The molecule has 21 heavy (non-hydrogen) atoms. The molecule has 0 aromatic carbocycles. The van der Waals surface area contributed by atoms with Crippen LogP contribution in [0.3, 0.4) is 0 Å². The first-order valence-electron chi connectivity index (χ1n) is 7.18. The Kier molecular flexibility index (Phi) is 4.32. The molecule has 1 saturated carbocycles. The van der Waals surface area contributed by atoms with Crippen LogP contribution in [0, 0.1) is 17.2 Å². The number of thiophene rings is 1. The van der Waals surface area contributed by atoms with Crippen LogP contribution in [0.25, 0.3) is 10.8 Å². The van der Waals surface area contributed by atoms with Gasteiger partial charge in [-0.2, -0.15) is 10.2 Å². The molecular weight excluding hydrogens is 286 g/mol. The Morgan fingerprint density at radius 3 is 2.86 bits per heavy atom. The lowest BCUT2D eigenvalue weighted by molar-refractivity contribution is 0.0274. The molecule has 0 bridgehead atoms. The van der Waals surface area contributed by atoms with Gasteiger partial charge in [-0.1, -0.05) is 24.4 Å². The van der Waals surface area contributed by atoms with Crippen LogP contribution in [-0.2, 0) is 4.74 Å². The highest BCUT2D eigenvalue weighted by Gasteiger charge is 2.29. The molecule has 0 aliphatic heterocycles. The highest BCUT2D eigenvalue weighted by molar-refractivity contribution is 7.15.